The summed E-state index contributed by atoms with van der Waals surface area (Å²) in [5, 5.41) is 9.43. The molecule has 0 radical (unpaired) electrons. The Morgan fingerprint density at radius 2 is 1.77 bits per heavy atom. The molecule has 1 unspecified atom stereocenters. The van der Waals surface area contributed by atoms with Gasteiger partial charge in [-0.1, -0.05) is 63.7 Å². The van der Waals surface area contributed by atoms with Crippen molar-refractivity contribution in [3.63, 3.8) is 0 Å². The zero-order valence-electron chi connectivity index (χ0n) is 16.2. The third-order valence-electron chi connectivity index (χ3n) is 5.14. The van der Waals surface area contributed by atoms with Gasteiger partial charge in [0.15, 0.2) is 6.10 Å². The van der Waals surface area contributed by atoms with Gasteiger partial charge in [0.05, 0.1) is 0 Å². The van der Waals surface area contributed by atoms with E-state index in [0.717, 1.165) is 25.7 Å². The molecular formula is C23H34O3. The summed E-state index contributed by atoms with van der Waals surface area (Å²) in [6.07, 6.45) is 15.2. The molecule has 0 fully saturated rings. The highest BCUT2D eigenvalue weighted by atomic mass is 16.5. The topological polar surface area (TPSA) is 46.5 Å². The van der Waals surface area contributed by atoms with E-state index in [-0.39, 0.29) is 0 Å². The number of benzene rings is 1. The molecule has 1 aliphatic carbocycles. The molecule has 0 aliphatic heterocycles. The van der Waals surface area contributed by atoms with Crippen molar-refractivity contribution in [3.8, 4) is 5.75 Å². The molecule has 1 atom stereocenters. The highest BCUT2D eigenvalue weighted by Gasteiger charge is 2.19. The van der Waals surface area contributed by atoms with Crippen LogP contribution in [-0.2, 0) is 4.79 Å². The first-order chi connectivity index (χ1) is 12.7. The molecule has 1 aromatic rings. The van der Waals surface area contributed by atoms with Crippen molar-refractivity contribution in [2.75, 3.05) is 0 Å². The molecule has 0 aromatic heterocycles. The minimum Gasteiger partial charge on any atom is -0.479 e. The minimum atomic E-state index is -0.867. The van der Waals surface area contributed by atoms with Gasteiger partial charge in [0, 0.05) is 0 Å². The number of unbranched alkanes of at least 4 members (excludes halogenated alkanes) is 5. The third kappa shape index (κ3) is 7.23. The average Bonchev–Trinajstić information content (AvgIpc) is 2.93. The Bertz CT molecular complexity index is 559. The Kier molecular flexibility index (Phi) is 9.30. The van der Waals surface area contributed by atoms with Gasteiger partial charge in [-0.25, -0.2) is 4.79 Å². The quantitative estimate of drug-likeness (QED) is 0.452. The number of hydrogen-bond donors (Lipinski definition) is 1. The molecule has 0 saturated heterocycles. The summed E-state index contributed by atoms with van der Waals surface area (Å²) in [5.74, 6) is -0.213. The Morgan fingerprint density at radius 3 is 2.50 bits per heavy atom. The summed E-state index contributed by atoms with van der Waals surface area (Å²) in [7, 11) is 0. The van der Waals surface area contributed by atoms with Crippen LogP contribution in [0.1, 0.15) is 89.5 Å². The van der Waals surface area contributed by atoms with Gasteiger partial charge in [-0.05, 0) is 61.8 Å². The fraction of sp³-hybridized carbons (Fsp3) is 0.609. The van der Waals surface area contributed by atoms with Crippen LogP contribution in [0, 0.1) is 0 Å². The Labute approximate surface area is 158 Å². The lowest BCUT2D eigenvalue weighted by molar-refractivity contribution is -0.145. The van der Waals surface area contributed by atoms with Crippen LogP contribution in [0.25, 0.3) is 5.57 Å². The van der Waals surface area contributed by atoms with Crippen LogP contribution >= 0.6 is 0 Å². The number of carboxylic acids is 1. The number of allylic oxidation sites excluding steroid dienone is 2. The Hall–Kier alpha value is -1.77. The highest BCUT2D eigenvalue weighted by molar-refractivity contribution is 5.72. The molecule has 26 heavy (non-hydrogen) atoms. The lowest BCUT2D eigenvalue weighted by Gasteiger charge is -2.16. The molecule has 3 heteroatoms. The number of carbonyl (C=O) groups is 1. The lowest BCUT2D eigenvalue weighted by Crippen LogP contribution is -2.26. The third-order valence-corrected chi connectivity index (χ3v) is 5.14. The second-order valence-electron chi connectivity index (χ2n) is 7.35. The second kappa shape index (κ2) is 11.8. The molecule has 2 rings (SSSR count). The molecule has 0 heterocycles. The molecule has 0 amide bonds. The van der Waals surface area contributed by atoms with Crippen LogP contribution in [0.4, 0.5) is 0 Å². The Balaban J connectivity index is 1.84. The van der Waals surface area contributed by atoms with Crippen LogP contribution in [0.15, 0.2) is 30.3 Å². The molecule has 144 valence electrons. The fourth-order valence-corrected chi connectivity index (χ4v) is 3.53. The molecular weight excluding hydrogens is 324 g/mol. The van der Waals surface area contributed by atoms with Gasteiger partial charge in [-0.2, -0.15) is 0 Å². The number of ether oxygens (including phenoxy) is 1. The van der Waals surface area contributed by atoms with E-state index in [1.54, 1.807) is 0 Å². The fourth-order valence-electron chi connectivity index (χ4n) is 3.53. The van der Waals surface area contributed by atoms with Crippen LogP contribution < -0.4 is 4.74 Å². The van der Waals surface area contributed by atoms with Crippen LogP contribution in [0.3, 0.4) is 0 Å². The van der Waals surface area contributed by atoms with Gasteiger partial charge in [0.2, 0.25) is 0 Å². The van der Waals surface area contributed by atoms with Crippen molar-refractivity contribution < 1.29 is 14.6 Å². The van der Waals surface area contributed by atoms with E-state index in [1.165, 1.54) is 56.1 Å². The summed E-state index contributed by atoms with van der Waals surface area (Å²) in [6.45, 7) is 2.20. The Morgan fingerprint density at radius 1 is 1.04 bits per heavy atom. The van der Waals surface area contributed by atoms with E-state index in [2.05, 4.69) is 25.1 Å². The number of aliphatic carboxylic acids is 1. The van der Waals surface area contributed by atoms with Gasteiger partial charge >= 0.3 is 5.97 Å². The van der Waals surface area contributed by atoms with Crippen LogP contribution in [0.2, 0.25) is 0 Å². The molecule has 1 N–H and O–H groups in total. The molecule has 1 aromatic carbocycles. The van der Waals surface area contributed by atoms with Gasteiger partial charge < -0.3 is 9.84 Å². The molecule has 0 saturated carbocycles. The number of rotatable bonds is 11. The van der Waals surface area contributed by atoms with E-state index in [0.29, 0.717) is 12.2 Å². The van der Waals surface area contributed by atoms with Crippen LogP contribution in [0.5, 0.6) is 5.75 Å². The van der Waals surface area contributed by atoms with Gasteiger partial charge in [-0.3, -0.25) is 0 Å². The summed E-state index contributed by atoms with van der Waals surface area (Å²) in [4.78, 5) is 11.5. The minimum absolute atomic E-state index is 0.578. The maximum Gasteiger partial charge on any atom is 0.344 e. The first-order valence-electron chi connectivity index (χ1n) is 10.4. The van der Waals surface area contributed by atoms with E-state index in [4.69, 9.17) is 4.74 Å². The van der Waals surface area contributed by atoms with Crippen molar-refractivity contribution in [1.29, 1.82) is 0 Å². The SMILES string of the molecule is CCCCCCCCC(Oc1ccc(C2=CCCCCC2)cc1)C(=O)O. The maximum atomic E-state index is 11.5. The van der Waals surface area contributed by atoms with Crippen molar-refractivity contribution in [2.24, 2.45) is 0 Å². The van der Waals surface area contributed by atoms with Gasteiger partial charge in [-0.15, -0.1) is 0 Å². The predicted octanol–water partition coefficient (Wildman–Crippen LogP) is 6.62. The van der Waals surface area contributed by atoms with Crippen molar-refractivity contribution in [3.05, 3.63) is 35.9 Å². The maximum absolute atomic E-state index is 11.5. The average molecular weight is 359 g/mol. The van der Waals surface area contributed by atoms with Crippen LogP contribution in [-0.4, -0.2) is 17.2 Å². The van der Waals surface area contributed by atoms with E-state index < -0.39 is 12.1 Å². The van der Waals surface area contributed by atoms with Gasteiger partial charge in [0.1, 0.15) is 5.75 Å². The standard InChI is InChI=1S/C23H34O3/c1-2-3-4-5-6-11-14-22(23(24)25)26-21-17-15-20(16-18-21)19-12-9-7-8-10-13-19/h12,15-18,22H,2-11,13-14H2,1H3,(H,24,25). The summed E-state index contributed by atoms with van der Waals surface area (Å²) < 4.78 is 5.75. The number of carboxylic acid groups (broad SMARTS) is 1. The first kappa shape index (κ1) is 20.5. The zero-order valence-corrected chi connectivity index (χ0v) is 16.2. The van der Waals surface area contributed by atoms with Gasteiger partial charge in [0.25, 0.3) is 0 Å². The molecule has 0 spiro atoms. The second-order valence-corrected chi connectivity index (χ2v) is 7.35. The number of hydrogen-bond acceptors (Lipinski definition) is 2. The van der Waals surface area contributed by atoms with Crippen molar-refractivity contribution in [2.45, 2.75) is 90.1 Å². The van der Waals surface area contributed by atoms with Crippen molar-refractivity contribution in [1.82, 2.24) is 0 Å². The normalized spacial score (nSPS) is 15.8. The monoisotopic (exact) mass is 358 g/mol. The largest absolute Gasteiger partial charge is 0.479 e. The lowest BCUT2D eigenvalue weighted by atomic mass is 10.0. The smallest absolute Gasteiger partial charge is 0.344 e. The summed E-state index contributed by atoms with van der Waals surface area (Å²) >= 11 is 0. The molecule has 0 bridgehead atoms. The van der Waals surface area contributed by atoms with Crippen molar-refractivity contribution >= 4 is 11.5 Å². The van der Waals surface area contributed by atoms with E-state index in [9.17, 15) is 9.90 Å². The van der Waals surface area contributed by atoms with E-state index in [1.807, 2.05) is 12.1 Å². The highest BCUT2D eigenvalue weighted by Crippen LogP contribution is 2.27. The molecule has 3 nitrogen and oxygen atoms in total. The zero-order chi connectivity index (χ0) is 18.6. The first-order valence-corrected chi connectivity index (χ1v) is 10.4. The molecule has 1 aliphatic rings. The summed E-state index contributed by atoms with van der Waals surface area (Å²) in [5.41, 5.74) is 2.65. The van der Waals surface area contributed by atoms with E-state index >= 15 is 0 Å². The summed E-state index contributed by atoms with van der Waals surface area (Å²) in [6, 6.07) is 7.96. The predicted molar refractivity (Wildman–Crippen MR) is 108 cm³/mol.